The molecule has 2 fully saturated rings. The Balaban J connectivity index is 1.40. The maximum absolute atomic E-state index is 13.9. The number of aliphatic imine (C=N–C) groups is 1. The third-order valence-electron chi connectivity index (χ3n) is 7.44. The standard InChI is InChI=1S/C29H36N4O4/c34-28-27(31-29(35)37-21-22-9-3-1-4-10-22)30-26(23-11-5-2-6-12-23)24-13-7-8-14-25(24)33(28)16-15-32-17-19-36-20-18-32/h1,3-4,7-10,13-14,23,27H,2,5-6,11-12,15-21H2,(H,31,35)/t27-/m0/s1. The molecular weight excluding hydrogens is 468 g/mol. The second-order valence-corrected chi connectivity index (χ2v) is 9.92. The Hall–Kier alpha value is -3.23. The lowest BCUT2D eigenvalue weighted by atomic mass is 9.83. The topological polar surface area (TPSA) is 83.5 Å². The van der Waals surface area contributed by atoms with Crippen LogP contribution in [0.3, 0.4) is 0 Å². The number of carbonyl (C=O) groups is 2. The van der Waals surface area contributed by atoms with Gasteiger partial charge < -0.3 is 14.4 Å². The maximum atomic E-state index is 13.9. The van der Waals surface area contributed by atoms with Crippen molar-refractivity contribution < 1.29 is 19.1 Å². The number of fused-ring (bicyclic) bond motifs is 1. The summed E-state index contributed by atoms with van der Waals surface area (Å²) in [5.41, 5.74) is 3.67. The van der Waals surface area contributed by atoms with Crippen LogP contribution in [0.25, 0.3) is 0 Å². The molecule has 8 heteroatoms. The molecule has 2 aromatic rings. The smallest absolute Gasteiger partial charge is 0.409 e. The van der Waals surface area contributed by atoms with Crippen LogP contribution in [0.5, 0.6) is 0 Å². The zero-order valence-electron chi connectivity index (χ0n) is 21.3. The minimum absolute atomic E-state index is 0.133. The fraction of sp³-hybridized carbons (Fsp3) is 0.483. The number of hydrogen-bond donors (Lipinski definition) is 1. The van der Waals surface area contributed by atoms with Crippen LogP contribution < -0.4 is 10.2 Å². The van der Waals surface area contributed by atoms with E-state index in [1.54, 1.807) is 4.90 Å². The molecule has 2 aromatic carbocycles. The third-order valence-corrected chi connectivity index (χ3v) is 7.44. The number of hydrogen-bond acceptors (Lipinski definition) is 6. The fourth-order valence-corrected chi connectivity index (χ4v) is 5.42. The van der Waals surface area contributed by atoms with Crippen molar-refractivity contribution in [2.75, 3.05) is 44.3 Å². The minimum atomic E-state index is -1.03. The normalized spacial score (nSPS) is 21.1. The highest BCUT2D eigenvalue weighted by atomic mass is 16.5. The van der Waals surface area contributed by atoms with Gasteiger partial charge in [0.15, 0.2) is 0 Å². The summed E-state index contributed by atoms with van der Waals surface area (Å²) in [4.78, 5) is 35.8. The second-order valence-electron chi connectivity index (χ2n) is 9.92. The SMILES string of the molecule is O=C(N[C@@H]1N=C(C2CCCCC2)c2ccccc2N(CCN2CCOCC2)C1=O)OCc1ccccc1. The number of para-hydroxylation sites is 1. The van der Waals surface area contributed by atoms with E-state index in [1.165, 1.54) is 6.42 Å². The Labute approximate surface area is 218 Å². The summed E-state index contributed by atoms with van der Waals surface area (Å²) >= 11 is 0. The Kier molecular flexibility index (Phi) is 8.48. The van der Waals surface area contributed by atoms with Crippen molar-refractivity contribution in [1.82, 2.24) is 10.2 Å². The number of alkyl carbamates (subject to hydrolysis) is 1. The van der Waals surface area contributed by atoms with E-state index in [-0.39, 0.29) is 18.4 Å². The van der Waals surface area contributed by atoms with Crippen molar-refractivity contribution >= 4 is 23.4 Å². The van der Waals surface area contributed by atoms with Crippen molar-refractivity contribution in [2.45, 2.75) is 44.9 Å². The largest absolute Gasteiger partial charge is 0.445 e. The Morgan fingerprint density at radius 1 is 0.973 bits per heavy atom. The lowest BCUT2D eigenvalue weighted by Crippen LogP contribution is -2.50. The molecule has 37 heavy (non-hydrogen) atoms. The van der Waals surface area contributed by atoms with E-state index in [9.17, 15) is 9.59 Å². The third kappa shape index (κ3) is 6.37. The highest BCUT2D eigenvalue weighted by molar-refractivity contribution is 6.14. The van der Waals surface area contributed by atoms with E-state index < -0.39 is 12.3 Å². The van der Waals surface area contributed by atoms with Gasteiger partial charge in [0, 0.05) is 37.7 Å². The molecule has 0 radical (unpaired) electrons. The van der Waals surface area contributed by atoms with Gasteiger partial charge in [-0.15, -0.1) is 0 Å². The quantitative estimate of drug-likeness (QED) is 0.617. The molecule has 0 spiro atoms. The molecule has 5 rings (SSSR count). The number of ether oxygens (including phenoxy) is 2. The van der Waals surface area contributed by atoms with E-state index in [4.69, 9.17) is 14.5 Å². The highest BCUT2D eigenvalue weighted by Gasteiger charge is 2.35. The van der Waals surface area contributed by atoms with Gasteiger partial charge in [0.2, 0.25) is 6.17 Å². The van der Waals surface area contributed by atoms with Crippen LogP contribution in [0.15, 0.2) is 59.6 Å². The van der Waals surface area contributed by atoms with Gasteiger partial charge in [0.1, 0.15) is 6.61 Å². The molecule has 196 valence electrons. The average Bonchev–Trinajstić information content (AvgIpc) is 3.07. The first-order valence-corrected chi connectivity index (χ1v) is 13.4. The second kappa shape index (κ2) is 12.3. The molecule has 0 bridgehead atoms. The van der Waals surface area contributed by atoms with Crippen LogP contribution in [0, 0.1) is 5.92 Å². The summed E-state index contributed by atoms with van der Waals surface area (Å²) in [5, 5.41) is 2.78. The monoisotopic (exact) mass is 504 g/mol. The summed E-state index contributed by atoms with van der Waals surface area (Å²) in [6.45, 7) is 4.48. The summed E-state index contributed by atoms with van der Waals surface area (Å²) in [6.07, 6.45) is 3.94. The van der Waals surface area contributed by atoms with Gasteiger partial charge in [0.25, 0.3) is 5.91 Å². The van der Waals surface area contributed by atoms with Gasteiger partial charge in [-0.2, -0.15) is 0 Å². The zero-order chi connectivity index (χ0) is 25.5. The van der Waals surface area contributed by atoms with Gasteiger partial charge in [-0.05, 0) is 24.5 Å². The van der Waals surface area contributed by atoms with Crippen molar-refractivity contribution in [3.8, 4) is 0 Å². The Bertz CT molecular complexity index is 1090. The van der Waals surface area contributed by atoms with Crippen LogP contribution in [0.2, 0.25) is 0 Å². The van der Waals surface area contributed by atoms with Crippen LogP contribution in [0.1, 0.15) is 43.2 Å². The molecule has 2 heterocycles. The lowest BCUT2D eigenvalue weighted by molar-refractivity contribution is -0.120. The number of carbonyl (C=O) groups excluding carboxylic acids is 2. The van der Waals surface area contributed by atoms with Crippen molar-refractivity contribution in [1.29, 1.82) is 0 Å². The average molecular weight is 505 g/mol. The number of amides is 2. The summed E-state index contributed by atoms with van der Waals surface area (Å²) in [7, 11) is 0. The predicted molar refractivity (Wildman–Crippen MR) is 143 cm³/mol. The first-order valence-electron chi connectivity index (χ1n) is 13.4. The Morgan fingerprint density at radius 3 is 2.49 bits per heavy atom. The van der Waals surface area contributed by atoms with E-state index in [0.29, 0.717) is 19.8 Å². The molecule has 8 nitrogen and oxygen atoms in total. The van der Waals surface area contributed by atoms with E-state index in [2.05, 4.69) is 16.3 Å². The molecule has 0 aromatic heterocycles. The predicted octanol–water partition coefficient (Wildman–Crippen LogP) is 3.99. The van der Waals surface area contributed by atoms with Gasteiger partial charge in [0.05, 0.1) is 24.6 Å². The molecule has 2 amide bonds. The molecule has 0 unspecified atom stereocenters. The van der Waals surface area contributed by atoms with Gasteiger partial charge in [-0.1, -0.05) is 67.8 Å². The summed E-state index contributed by atoms with van der Waals surface area (Å²) < 4.78 is 10.9. The number of benzene rings is 2. The number of morpholine rings is 1. The highest BCUT2D eigenvalue weighted by Crippen LogP contribution is 2.34. The van der Waals surface area contributed by atoms with Gasteiger partial charge in [-0.3, -0.25) is 20.0 Å². The van der Waals surface area contributed by atoms with Gasteiger partial charge in [-0.25, -0.2) is 4.79 Å². The molecule has 1 N–H and O–H groups in total. The summed E-state index contributed by atoms with van der Waals surface area (Å²) in [6, 6.07) is 17.5. The first-order chi connectivity index (χ1) is 18.2. The number of benzodiazepines with no additional fused rings is 1. The lowest BCUT2D eigenvalue weighted by Gasteiger charge is -2.31. The molecule has 1 saturated heterocycles. The number of nitrogens with one attached hydrogen (secondary N) is 1. The molecule has 1 saturated carbocycles. The minimum Gasteiger partial charge on any atom is -0.445 e. The van der Waals surface area contributed by atoms with E-state index in [1.807, 2.05) is 48.5 Å². The molecular formula is C29H36N4O4. The van der Waals surface area contributed by atoms with Crippen LogP contribution in [-0.2, 0) is 20.9 Å². The van der Waals surface area contributed by atoms with Crippen molar-refractivity contribution in [3.05, 3.63) is 65.7 Å². The fourth-order valence-electron chi connectivity index (χ4n) is 5.42. The van der Waals surface area contributed by atoms with Crippen LogP contribution in [0.4, 0.5) is 10.5 Å². The van der Waals surface area contributed by atoms with Crippen molar-refractivity contribution in [2.24, 2.45) is 10.9 Å². The number of rotatable bonds is 7. The maximum Gasteiger partial charge on any atom is 0.409 e. The van der Waals surface area contributed by atoms with Crippen LogP contribution in [-0.4, -0.2) is 68.2 Å². The first kappa shape index (κ1) is 25.4. The van der Waals surface area contributed by atoms with Gasteiger partial charge >= 0.3 is 6.09 Å². The van der Waals surface area contributed by atoms with Crippen molar-refractivity contribution in [3.63, 3.8) is 0 Å². The zero-order valence-corrected chi connectivity index (χ0v) is 21.3. The number of nitrogens with zero attached hydrogens (tertiary/aromatic N) is 3. The van der Waals surface area contributed by atoms with E-state index >= 15 is 0 Å². The molecule has 1 aliphatic carbocycles. The van der Waals surface area contributed by atoms with E-state index in [0.717, 1.165) is 67.8 Å². The molecule has 3 aliphatic rings. The molecule has 2 aliphatic heterocycles. The van der Waals surface area contributed by atoms with Crippen LogP contribution >= 0.6 is 0 Å². The summed E-state index contributed by atoms with van der Waals surface area (Å²) in [5.74, 6) is 0.0368. The number of anilines is 1. The molecule has 1 atom stereocenters. The Morgan fingerprint density at radius 2 is 1.70 bits per heavy atom.